The van der Waals surface area contributed by atoms with Crippen molar-refractivity contribution in [1.82, 2.24) is 4.90 Å². The lowest BCUT2D eigenvalue weighted by Crippen LogP contribution is -2.48. The smallest absolute Gasteiger partial charge is 0.269 e. The molecule has 2 fully saturated rings. The molecule has 2 saturated heterocycles. The van der Waals surface area contributed by atoms with Crippen LogP contribution < -0.4 is 4.90 Å². The monoisotopic (exact) mass is 461 g/mol. The number of likely N-dealkylation sites (tertiary alicyclic amines) is 1. The van der Waals surface area contributed by atoms with Crippen molar-refractivity contribution in [2.75, 3.05) is 25.2 Å². The number of imide groups is 1. The van der Waals surface area contributed by atoms with Crippen LogP contribution in [-0.4, -0.2) is 59.8 Å². The van der Waals surface area contributed by atoms with Gasteiger partial charge in [0.25, 0.3) is 5.69 Å². The zero-order valence-corrected chi connectivity index (χ0v) is 18.5. The molecule has 174 valence electrons. The van der Waals surface area contributed by atoms with Gasteiger partial charge in [-0.3, -0.25) is 29.4 Å². The molecular weight excluding hydrogens is 438 g/mol. The summed E-state index contributed by atoms with van der Waals surface area (Å²) in [6, 6.07) is 11.6. The van der Waals surface area contributed by atoms with Crippen LogP contribution in [0.2, 0.25) is 0 Å². The number of nitro groups is 1. The van der Waals surface area contributed by atoms with Gasteiger partial charge in [0, 0.05) is 43.6 Å². The third kappa shape index (κ3) is 3.31. The van der Waals surface area contributed by atoms with Crippen LogP contribution in [-0.2, 0) is 14.3 Å². The van der Waals surface area contributed by atoms with Gasteiger partial charge in [0.2, 0.25) is 11.8 Å². The Morgan fingerprint density at radius 3 is 2.47 bits per heavy atom. The summed E-state index contributed by atoms with van der Waals surface area (Å²) >= 11 is 0. The van der Waals surface area contributed by atoms with E-state index in [0.717, 1.165) is 11.3 Å². The fourth-order valence-corrected chi connectivity index (χ4v) is 5.38. The van der Waals surface area contributed by atoms with E-state index in [9.17, 15) is 24.5 Å². The first-order valence-corrected chi connectivity index (χ1v) is 11.1. The summed E-state index contributed by atoms with van der Waals surface area (Å²) in [5.41, 5.74) is 1.83. The van der Waals surface area contributed by atoms with Gasteiger partial charge < -0.3 is 9.64 Å². The quantitative estimate of drug-likeness (QED) is 0.205. The fourth-order valence-electron chi connectivity index (χ4n) is 5.38. The summed E-state index contributed by atoms with van der Waals surface area (Å²) in [6.45, 7) is 0.657. The molecule has 9 heteroatoms. The van der Waals surface area contributed by atoms with Crippen LogP contribution in [0.25, 0.3) is 6.08 Å². The van der Waals surface area contributed by atoms with Gasteiger partial charge in [0.15, 0.2) is 5.78 Å². The highest BCUT2D eigenvalue weighted by Gasteiger charge is 2.63. The van der Waals surface area contributed by atoms with Crippen LogP contribution in [0.3, 0.4) is 0 Å². The molecule has 9 nitrogen and oxygen atoms in total. The molecule has 0 aromatic heterocycles. The number of ether oxygens (including phenoxy) is 1. The third-order valence-electron chi connectivity index (χ3n) is 6.87. The van der Waals surface area contributed by atoms with Gasteiger partial charge in [-0.15, -0.1) is 0 Å². The van der Waals surface area contributed by atoms with Gasteiger partial charge in [0.1, 0.15) is 6.04 Å². The van der Waals surface area contributed by atoms with E-state index in [1.54, 1.807) is 7.11 Å². The molecule has 0 radical (unpaired) electrons. The molecule has 0 spiro atoms. The predicted molar refractivity (Wildman–Crippen MR) is 123 cm³/mol. The average molecular weight is 461 g/mol. The normalized spacial score (nSPS) is 24.7. The number of nitrogens with zero attached hydrogens (tertiary/aromatic N) is 3. The highest BCUT2D eigenvalue weighted by Crippen LogP contribution is 2.49. The first-order chi connectivity index (χ1) is 16.4. The van der Waals surface area contributed by atoms with E-state index in [4.69, 9.17) is 4.74 Å². The molecule has 3 aliphatic heterocycles. The van der Waals surface area contributed by atoms with Gasteiger partial charge in [-0.05, 0) is 30.2 Å². The van der Waals surface area contributed by atoms with Gasteiger partial charge >= 0.3 is 0 Å². The van der Waals surface area contributed by atoms with Crippen molar-refractivity contribution in [1.29, 1.82) is 0 Å². The lowest BCUT2D eigenvalue weighted by molar-refractivity contribution is -0.384. The number of fused-ring (bicyclic) bond motifs is 5. The number of non-ortho nitro benzene ring substituents is 1. The standard InChI is InChI=1S/C25H23N3O6/c1-34-14-4-13-26-24(30)20-19-12-9-15-5-2-3-6-18(15)27(19)22(21(20)25(26)31)23(29)16-7-10-17(11-8-16)28(32)33/h2-3,5-12,19-22H,4,13-14H2,1H3/t19-,20-,21-,22+/m0/s1. The van der Waals surface area contributed by atoms with Crippen LogP contribution in [0.5, 0.6) is 0 Å². The van der Waals surface area contributed by atoms with E-state index in [0.29, 0.717) is 13.0 Å². The second kappa shape index (κ2) is 8.49. The Kier molecular flexibility index (Phi) is 5.49. The number of carbonyl (C=O) groups excluding carboxylic acids is 3. The maximum atomic E-state index is 13.8. The number of hydrogen-bond acceptors (Lipinski definition) is 7. The van der Waals surface area contributed by atoms with Crippen molar-refractivity contribution in [3.8, 4) is 0 Å². The average Bonchev–Trinajstić information content (AvgIpc) is 3.32. The summed E-state index contributed by atoms with van der Waals surface area (Å²) in [7, 11) is 1.56. The molecule has 0 bridgehead atoms. The Morgan fingerprint density at radius 2 is 1.76 bits per heavy atom. The topological polar surface area (TPSA) is 110 Å². The largest absolute Gasteiger partial charge is 0.385 e. The molecule has 34 heavy (non-hydrogen) atoms. The molecule has 0 saturated carbocycles. The molecule has 0 N–H and O–H groups in total. The minimum absolute atomic E-state index is 0.124. The SMILES string of the molecule is COCCCN1C(=O)[C@@H]2[C@H](C1=O)[C@H](C(=O)c1ccc([N+](=O)[O-])cc1)N1c3ccccc3C=C[C@@H]21. The number of Topliss-reactive ketones (excluding diaryl/α,β-unsaturated/α-hetero) is 1. The summed E-state index contributed by atoms with van der Waals surface area (Å²) in [5, 5.41) is 11.0. The van der Waals surface area contributed by atoms with Crippen molar-refractivity contribution in [3.05, 3.63) is 75.8 Å². The number of hydrogen-bond donors (Lipinski definition) is 0. The van der Waals surface area contributed by atoms with Crippen LogP contribution in [0.4, 0.5) is 11.4 Å². The van der Waals surface area contributed by atoms with E-state index in [-0.39, 0.29) is 35.4 Å². The van der Waals surface area contributed by atoms with Gasteiger partial charge in [-0.25, -0.2) is 0 Å². The van der Waals surface area contributed by atoms with Crippen molar-refractivity contribution in [3.63, 3.8) is 0 Å². The van der Waals surface area contributed by atoms with E-state index in [1.165, 1.54) is 29.2 Å². The molecule has 5 rings (SSSR count). The van der Waals surface area contributed by atoms with Crippen LogP contribution >= 0.6 is 0 Å². The number of nitro benzene ring substituents is 1. The zero-order chi connectivity index (χ0) is 24.0. The maximum absolute atomic E-state index is 13.8. The lowest BCUT2D eigenvalue weighted by Gasteiger charge is -2.36. The molecular formula is C25H23N3O6. The predicted octanol–water partition coefficient (Wildman–Crippen LogP) is 2.70. The molecule has 3 heterocycles. The number of ketones is 1. The second-order valence-electron chi connectivity index (χ2n) is 8.65. The molecule has 4 atom stereocenters. The number of rotatable bonds is 7. The number of carbonyl (C=O) groups is 3. The van der Waals surface area contributed by atoms with Gasteiger partial charge in [-0.1, -0.05) is 30.4 Å². The van der Waals surface area contributed by atoms with Gasteiger partial charge in [0.05, 0.1) is 22.8 Å². The van der Waals surface area contributed by atoms with E-state index in [1.807, 2.05) is 41.3 Å². The summed E-state index contributed by atoms with van der Waals surface area (Å²) in [6.07, 6.45) is 4.34. The first kappa shape index (κ1) is 22.0. The number of para-hydroxylation sites is 1. The van der Waals surface area contributed by atoms with E-state index < -0.39 is 28.8 Å². The van der Waals surface area contributed by atoms with Crippen molar-refractivity contribution in [2.24, 2.45) is 11.8 Å². The van der Waals surface area contributed by atoms with Crippen molar-refractivity contribution in [2.45, 2.75) is 18.5 Å². The Bertz CT molecular complexity index is 1210. The Morgan fingerprint density at radius 1 is 1.06 bits per heavy atom. The zero-order valence-electron chi connectivity index (χ0n) is 18.5. The summed E-state index contributed by atoms with van der Waals surface area (Å²) < 4.78 is 5.06. The van der Waals surface area contributed by atoms with Crippen LogP contribution in [0.1, 0.15) is 22.3 Å². The molecule has 2 amide bonds. The minimum Gasteiger partial charge on any atom is -0.385 e. The molecule has 2 aromatic carbocycles. The first-order valence-electron chi connectivity index (χ1n) is 11.1. The third-order valence-corrected chi connectivity index (χ3v) is 6.87. The number of anilines is 1. The minimum atomic E-state index is -0.897. The Balaban J connectivity index is 1.57. The van der Waals surface area contributed by atoms with Crippen LogP contribution in [0, 0.1) is 22.0 Å². The summed E-state index contributed by atoms with van der Waals surface area (Å²) in [5.74, 6) is -2.47. The molecule has 2 aromatic rings. The fraction of sp³-hybridized carbons (Fsp3) is 0.320. The molecule has 0 aliphatic carbocycles. The highest BCUT2D eigenvalue weighted by molar-refractivity contribution is 6.14. The highest BCUT2D eigenvalue weighted by atomic mass is 16.6. The van der Waals surface area contributed by atoms with Crippen LogP contribution in [0.15, 0.2) is 54.6 Å². The number of benzene rings is 2. The maximum Gasteiger partial charge on any atom is 0.269 e. The summed E-state index contributed by atoms with van der Waals surface area (Å²) in [4.78, 5) is 54.4. The Hall–Kier alpha value is -3.85. The molecule has 0 unspecified atom stereocenters. The van der Waals surface area contributed by atoms with Crippen molar-refractivity contribution >= 4 is 35.0 Å². The second-order valence-corrected chi connectivity index (χ2v) is 8.65. The Labute approximate surface area is 195 Å². The van der Waals surface area contributed by atoms with E-state index >= 15 is 0 Å². The van der Waals surface area contributed by atoms with E-state index in [2.05, 4.69) is 0 Å². The lowest BCUT2D eigenvalue weighted by atomic mass is 9.86. The van der Waals surface area contributed by atoms with Crippen molar-refractivity contribution < 1.29 is 24.0 Å². The van der Waals surface area contributed by atoms with Gasteiger partial charge in [-0.2, -0.15) is 0 Å². The number of amides is 2. The molecule has 3 aliphatic rings. The number of methoxy groups -OCH3 is 1.